The lowest BCUT2D eigenvalue weighted by molar-refractivity contribution is 0.266. The molecule has 0 aliphatic rings. The molecule has 1 aromatic heterocycles. The van der Waals surface area contributed by atoms with E-state index < -0.39 is 10.0 Å². The van der Waals surface area contributed by atoms with Crippen LogP contribution in [0.25, 0.3) is 0 Å². The monoisotopic (exact) mass is 249 g/mol. The Morgan fingerprint density at radius 3 is 2.60 bits per heavy atom. The fourth-order valence-corrected chi connectivity index (χ4v) is 3.77. The second-order valence-corrected chi connectivity index (χ2v) is 6.56. The molecule has 0 fully saturated rings. The molecule has 1 rings (SSSR count). The van der Waals surface area contributed by atoms with Crippen LogP contribution in [0.1, 0.15) is 11.8 Å². The lowest BCUT2D eigenvalue weighted by atomic mass is 10.4. The molecule has 0 unspecified atom stereocenters. The Morgan fingerprint density at radius 2 is 2.13 bits per heavy atom. The zero-order chi connectivity index (χ0) is 11.5. The molecule has 6 heteroatoms. The van der Waals surface area contributed by atoms with Gasteiger partial charge in [-0.05, 0) is 18.6 Å². The second-order valence-electron chi connectivity index (χ2n) is 3.12. The molecule has 15 heavy (non-hydrogen) atoms. The molecule has 0 amide bonds. The lowest BCUT2D eigenvalue weighted by Crippen LogP contribution is -2.29. The summed E-state index contributed by atoms with van der Waals surface area (Å²) in [5, 5.41) is 8.70. The van der Waals surface area contributed by atoms with Crippen molar-refractivity contribution in [1.82, 2.24) is 4.31 Å². The molecule has 0 bridgehead atoms. The van der Waals surface area contributed by atoms with Crippen LogP contribution in [0, 0.1) is 0 Å². The number of nitrogens with zero attached hydrogens (tertiary/aromatic N) is 1. The van der Waals surface area contributed by atoms with Crippen LogP contribution in [0.4, 0.5) is 0 Å². The van der Waals surface area contributed by atoms with Gasteiger partial charge in [0, 0.05) is 18.5 Å². The number of hydrogen-bond donors (Lipinski definition) is 1. The Hall–Kier alpha value is -0.430. The van der Waals surface area contributed by atoms with Crippen molar-refractivity contribution in [2.75, 3.05) is 20.2 Å². The predicted molar refractivity (Wildman–Crippen MR) is 60.6 cm³/mol. The molecule has 4 nitrogen and oxygen atoms in total. The maximum absolute atomic E-state index is 11.9. The van der Waals surface area contributed by atoms with Gasteiger partial charge in [-0.25, -0.2) is 8.42 Å². The number of aliphatic hydroxyl groups is 1. The van der Waals surface area contributed by atoms with Gasteiger partial charge in [0.15, 0.2) is 0 Å². The third-order valence-corrected chi connectivity index (χ3v) is 5.62. The number of hydrogen-bond acceptors (Lipinski definition) is 4. The number of thiophene rings is 1. The highest BCUT2D eigenvalue weighted by atomic mass is 32.2. The Bertz CT molecular complexity index is 411. The average molecular weight is 249 g/mol. The van der Waals surface area contributed by atoms with Crippen LogP contribution in [0.3, 0.4) is 0 Å². The van der Waals surface area contributed by atoms with Crippen molar-refractivity contribution in [1.29, 1.82) is 0 Å². The molecule has 0 aliphatic carbocycles. The van der Waals surface area contributed by atoms with Crippen LogP contribution in [-0.4, -0.2) is 38.0 Å². The largest absolute Gasteiger partial charge is 0.395 e. The molecule has 0 saturated heterocycles. The van der Waals surface area contributed by atoms with Gasteiger partial charge in [-0.15, -0.1) is 11.3 Å². The topological polar surface area (TPSA) is 57.6 Å². The Morgan fingerprint density at radius 1 is 1.47 bits per heavy atom. The van der Waals surface area contributed by atoms with Crippen molar-refractivity contribution in [3.8, 4) is 0 Å². The van der Waals surface area contributed by atoms with Gasteiger partial charge < -0.3 is 5.11 Å². The first-order chi connectivity index (χ1) is 7.02. The minimum absolute atomic E-state index is 0.127. The Balaban J connectivity index is 2.95. The third kappa shape index (κ3) is 2.78. The smallest absolute Gasteiger partial charge is 0.252 e. The van der Waals surface area contributed by atoms with Crippen LogP contribution >= 0.6 is 11.3 Å². The van der Waals surface area contributed by atoms with Crippen LogP contribution in [0.5, 0.6) is 0 Å². The summed E-state index contributed by atoms with van der Waals surface area (Å²) >= 11 is 1.28. The minimum Gasteiger partial charge on any atom is -0.395 e. The van der Waals surface area contributed by atoms with E-state index in [2.05, 4.69) is 0 Å². The average Bonchev–Trinajstić information content (AvgIpc) is 2.66. The number of aliphatic hydroxyl groups excluding tert-OH is 1. The first-order valence-corrected chi connectivity index (χ1v) is 6.94. The minimum atomic E-state index is -3.40. The standard InChI is InChI=1S/C9H15NO3S2/c1-3-8-4-5-9(14-8)15(12,13)10(2)6-7-11/h4-5,11H,3,6-7H2,1-2H3. The summed E-state index contributed by atoms with van der Waals surface area (Å²) in [5.74, 6) is 0. The lowest BCUT2D eigenvalue weighted by Gasteiger charge is -2.13. The van der Waals surface area contributed by atoms with E-state index in [9.17, 15) is 8.42 Å². The maximum Gasteiger partial charge on any atom is 0.252 e. The first kappa shape index (κ1) is 12.6. The number of rotatable bonds is 5. The molecular weight excluding hydrogens is 234 g/mol. The van der Waals surface area contributed by atoms with Gasteiger partial charge in [0.2, 0.25) is 0 Å². The molecule has 0 spiro atoms. The molecule has 0 radical (unpaired) electrons. The van der Waals surface area contributed by atoms with Gasteiger partial charge in [0.05, 0.1) is 6.61 Å². The zero-order valence-electron chi connectivity index (χ0n) is 8.80. The second kappa shape index (κ2) is 5.07. The third-order valence-electron chi connectivity index (χ3n) is 2.06. The van der Waals surface area contributed by atoms with E-state index in [1.807, 2.05) is 13.0 Å². The van der Waals surface area contributed by atoms with Crippen molar-refractivity contribution >= 4 is 21.4 Å². The molecule has 0 aliphatic heterocycles. The fraction of sp³-hybridized carbons (Fsp3) is 0.556. The summed E-state index contributed by atoms with van der Waals surface area (Å²) in [4.78, 5) is 1.05. The summed E-state index contributed by atoms with van der Waals surface area (Å²) < 4.78 is 25.3. The SMILES string of the molecule is CCc1ccc(S(=O)(=O)N(C)CCO)s1. The van der Waals surface area contributed by atoms with E-state index in [0.29, 0.717) is 4.21 Å². The highest BCUT2D eigenvalue weighted by molar-refractivity contribution is 7.91. The normalized spacial score (nSPS) is 12.3. The molecule has 86 valence electrons. The number of likely N-dealkylation sites (N-methyl/N-ethyl adjacent to an activating group) is 1. The molecule has 1 N–H and O–H groups in total. The summed E-state index contributed by atoms with van der Waals surface area (Å²) in [5.41, 5.74) is 0. The van der Waals surface area contributed by atoms with Crippen LogP contribution in [0.15, 0.2) is 16.3 Å². The van der Waals surface area contributed by atoms with E-state index in [1.54, 1.807) is 6.07 Å². The van der Waals surface area contributed by atoms with Crippen molar-refractivity contribution < 1.29 is 13.5 Å². The first-order valence-electron chi connectivity index (χ1n) is 4.68. The summed E-state index contributed by atoms with van der Waals surface area (Å²) in [6, 6.07) is 3.44. The summed E-state index contributed by atoms with van der Waals surface area (Å²) in [6.45, 7) is 1.95. The van der Waals surface area contributed by atoms with Gasteiger partial charge in [0.1, 0.15) is 4.21 Å². The van der Waals surface area contributed by atoms with E-state index in [1.165, 1.54) is 18.4 Å². The van der Waals surface area contributed by atoms with Gasteiger partial charge in [0.25, 0.3) is 10.0 Å². The maximum atomic E-state index is 11.9. The van der Waals surface area contributed by atoms with Crippen molar-refractivity contribution in [2.24, 2.45) is 0 Å². The molecule has 0 saturated carbocycles. The van der Waals surface area contributed by atoms with Crippen LogP contribution in [-0.2, 0) is 16.4 Å². The summed E-state index contributed by atoms with van der Waals surface area (Å²) in [7, 11) is -1.93. The number of aryl methyl sites for hydroxylation is 1. The molecule has 0 aromatic carbocycles. The van der Waals surface area contributed by atoms with Gasteiger partial charge in [-0.1, -0.05) is 6.92 Å². The van der Waals surface area contributed by atoms with Gasteiger partial charge in [-0.2, -0.15) is 4.31 Å². The van der Waals surface area contributed by atoms with E-state index in [-0.39, 0.29) is 13.2 Å². The van der Waals surface area contributed by atoms with E-state index >= 15 is 0 Å². The van der Waals surface area contributed by atoms with E-state index in [4.69, 9.17) is 5.11 Å². The van der Waals surface area contributed by atoms with Crippen LogP contribution < -0.4 is 0 Å². The van der Waals surface area contributed by atoms with E-state index in [0.717, 1.165) is 15.6 Å². The van der Waals surface area contributed by atoms with Gasteiger partial charge in [-0.3, -0.25) is 0 Å². The molecular formula is C9H15NO3S2. The van der Waals surface area contributed by atoms with Crippen LogP contribution in [0.2, 0.25) is 0 Å². The van der Waals surface area contributed by atoms with Crippen molar-refractivity contribution in [3.05, 3.63) is 17.0 Å². The molecule has 1 aromatic rings. The Labute approximate surface area is 94.2 Å². The predicted octanol–water partition coefficient (Wildman–Crippen LogP) is 0.923. The highest BCUT2D eigenvalue weighted by Gasteiger charge is 2.21. The summed E-state index contributed by atoms with van der Waals surface area (Å²) in [6.07, 6.45) is 0.837. The van der Waals surface area contributed by atoms with Crippen molar-refractivity contribution in [3.63, 3.8) is 0 Å². The zero-order valence-corrected chi connectivity index (χ0v) is 10.4. The Kier molecular flexibility index (Phi) is 4.27. The van der Waals surface area contributed by atoms with Crippen molar-refractivity contribution in [2.45, 2.75) is 17.6 Å². The highest BCUT2D eigenvalue weighted by Crippen LogP contribution is 2.24. The number of sulfonamides is 1. The molecule has 1 heterocycles. The van der Waals surface area contributed by atoms with Gasteiger partial charge >= 0.3 is 0 Å². The fourth-order valence-electron chi connectivity index (χ4n) is 1.10. The quantitative estimate of drug-likeness (QED) is 0.844. The molecule has 0 atom stereocenters.